The number of amides is 1. The van der Waals surface area contributed by atoms with Crippen LogP contribution in [0.1, 0.15) is 15.9 Å². The van der Waals surface area contributed by atoms with E-state index in [4.69, 9.17) is 23.2 Å². The molecule has 1 aromatic heterocycles. The Morgan fingerprint density at radius 1 is 1.26 bits per heavy atom. The van der Waals surface area contributed by atoms with Crippen LogP contribution in [0.25, 0.3) is 0 Å². The second-order valence-corrected chi connectivity index (χ2v) is 5.67. The molecule has 19 heavy (non-hydrogen) atoms. The minimum atomic E-state index is -0.327. The molecular formula is C13H9BrCl2N2O. The number of aryl methyl sites for hydroxylation is 1. The normalized spacial score (nSPS) is 10.3. The Kier molecular flexibility index (Phi) is 4.45. The van der Waals surface area contributed by atoms with Crippen LogP contribution < -0.4 is 5.32 Å². The molecule has 2 rings (SSSR count). The van der Waals surface area contributed by atoms with E-state index in [-0.39, 0.29) is 16.1 Å². The quantitative estimate of drug-likeness (QED) is 0.789. The Balaban J connectivity index is 2.28. The van der Waals surface area contributed by atoms with Crippen LogP contribution in [0.5, 0.6) is 0 Å². The van der Waals surface area contributed by atoms with Gasteiger partial charge in [0.15, 0.2) is 0 Å². The summed E-state index contributed by atoms with van der Waals surface area (Å²) >= 11 is 15.1. The molecule has 0 aliphatic heterocycles. The first kappa shape index (κ1) is 14.3. The molecule has 0 spiro atoms. The summed E-state index contributed by atoms with van der Waals surface area (Å²) in [4.78, 5) is 15.9. The first-order chi connectivity index (χ1) is 8.95. The van der Waals surface area contributed by atoms with Gasteiger partial charge in [-0.25, -0.2) is 4.98 Å². The summed E-state index contributed by atoms with van der Waals surface area (Å²) in [5.41, 5.74) is 2.00. The van der Waals surface area contributed by atoms with Crippen molar-refractivity contribution in [2.24, 2.45) is 0 Å². The first-order valence-corrected chi connectivity index (χ1v) is 6.90. The molecule has 1 N–H and O–H groups in total. The fourth-order valence-corrected chi connectivity index (χ4v) is 2.55. The Morgan fingerprint density at radius 3 is 2.68 bits per heavy atom. The third-order valence-electron chi connectivity index (χ3n) is 2.37. The third-order valence-corrected chi connectivity index (χ3v) is 3.33. The van der Waals surface area contributed by atoms with Crippen LogP contribution in [-0.2, 0) is 0 Å². The second-order valence-electron chi connectivity index (χ2n) is 3.96. The van der Waals surface area contributed by atoms with Gasteiger partial charge in [-0.15, -0.1) is 0 Å². The number of aromatic nitrogens is 1. The van der Waals surface area contributed by atoms with E-state index in [2.05, 4.69) is 26.2 Å². The number of carbonyl (C=O) groups excluding carboxylic acids is 1. The minimum Gasteiger partial charge on any atom is -0.322 e. The van der Waals surface area contributed by atoms with Gasteiger partial charge in [0, 0.05) is 16.4 Å². The molecule has 0 unspecified atom stereocenters. The van der Waals surface area contributed by atoms with E-state index < -0.39 is 0 Å². The summed E-state index contributed by atoms with van der Waals surface area (Å²) in [5.74, 6) is -0.327. The number of benzene rings is 1. The molecule has 3 nitrogen and oxygen atoms in total. The Morgan fingerprint density at radius 2 is 2.00 bits per heavy atom. The topological polar surface area (TPSA) is 42.0 Å². The summed E-state index contributed by atoms with van der Waals surface area (Å²) in [5, 5.41) is 3.25. The molecule has 1 aromatic carbocycles. The predicted octanol–water partition coefficient (Wildman–Crippen LogP) is 4.71. The van der Waals surface area contributed by atoms with E-state index in [0.717, 1.165) is 10.0 Å². The minimum absolute atomic E-state index is 0.222. The molecule has 1 heterocycles. The van der Waals surface area contributed by atoms with Crippen molar-refractivity contribution in [2.45, 2.75) is 6.92 Å². The van der Waals surface area contributed by atoms with Crippen LogP contribution in [-0.4, -0.2) is 10.9 Å². The maximum Gasteiger partial charge on any atom is 0.257 e. The highest BCUT2D eigenvalue weighted by Crippen LogP contribution is 2.22. The number of pyridine rings is 1. The predicted molar refractivity (Wildman–Crippen MR) is 81.1 cm³/mol. The Hall–Kier alpha value is -1.10. The van der Waals surface area contributed by atoms with Gasteiger partial charge < -0.3 is 5.32 Å². The van der Waals surface area contributed by atoms with Crippen molar-refractivity contribution in [3.05, 3.63) is 56.2 Å². The van der Waals surface area contributed by atoms with Crippen molar-refractivity contribution >= 4 is 50.7 Å². The molecule has 0 fully saturated rings. The molecule has 6 heteroatoms. The maximum atomic E-state index is 12.1. The standard InChI is InChI=1S/C13H9BrCl2N2O/c1-7-2-8(14)4-9(3-7)18-13(19)10-5-12(16)17-6-11(10)15/h2-6H,1H3,(H,18,19). The zero-order chi connectivity index (χ0) is 14.0. The van der Waals surface area contributed by atoms with Crippen LogP contribution in [0.2, 0.25) is 10.2 Å². The summed E-state index contributed by atoms with van der Waals surface area (Å²) in [6, 6.07) is 7.05. The third kappa shape index (κ3) is 3.69. The number of hydrogen-bond acceptors (Lipinski definition) is 2. The molecule has 0 radical (unpaired) electrons. The number of hydrogen-bond donors (Lipinski definition) is 1. The van der Waals surface area contributed by atoms with Crippen LogP contribution in [0.3, 0.4) is 0 Å². The van der Waals surface area contributed by atoms with Gasteiger partial charge in [-0.2, -0.15) is 0 Å². The van der Waals surface area contributed by atoms with Crippen LogP contribution in [0, 0.1) is 6.92 Å². The van der Waals surface area contributed by atoms with Crippen molar-refractivity contribution in [1.29, 1.82) is 0 Å². The average Bonchev–Trinajstić information content (AvgIpc) is 2.30. The molecule has 0 aliphatic carbocycles. The van der Waals surface area contributed by atoms with E-state index in [1.165, 1.54) is 12.3 Å². The summed E-state index contributed by atoms with van der Waals surface area (Å²) < 4.78 is 0.890. The lowest BCUT2D eigenvalue weighted by Crippen LogP contribution is -2.12. The summed E-state index contributed by atoms with van der Waals surface area (Å²) in [7, 11) is 0. The average molecular weight is 360 g/mol. The zero-order valence-corrected chi connectivity index (χ0v) is 13.0. The van der Waals surface area contributed by atoms with Gasteiger partial charge in [-0.3, -0.25) is 4.79 Å². The molecule has 2 aromatic rings. The van der Waals surface area contributed by atoms with Crippen molar-refractivity contribution in [1.82, 2.24) is 4.98 Å². The second kappa shape index (κ2) is 5.90. The zero-order valence-electron chi connectivity index (χ0n) is 9.88. The van der Waals surface area contributed by atoms with E-state index in [1.54, 1.807) is 0 Å². The number of nitrogens with zero attached hydrogens (tertiary/aromatic N) is 1. The van der Waals surface area contributed by atoms with Gasteiger partial charge in [0.25, 0.3) is 5.91 Å². The number of nitrogens with one attached hydrogen (secondary N) is 1. The van der Waals surface area contributed by atoms with Gasteiger partial charge in [0.05, 0.1) is 10.6 Å². The lowest BCUT2D eigenvalue weighted by atomic mass is 10.2. The van der Waals surface area contributed by atoms with Crippen molar-refractivity contribution in [3.8, 4) is 0 Å². The van der Waals surface area contributed by atoms with Crippen LogP contribution >= 0.6 is 39.1 Å². The number of halogens is 3. The van der Waals surface area contributed by atoms with Crippen molar-refractivity contribution in [3.63, 3.8) is 0 Å². The van der Waals surface area contributed by atoms with E-state index in [9.17, 15) is 4.79 Å². The summed E-state index contributed by atoms with van der Waals surface area (Å²) in [6.45, 7) is 1.94. The van der Waals surface area contributed by atoms with Crippen LogP contribution in [0.15, 0.2) is 34.9 Å². The van der Waals surface area contributed by atoms with Crippen LogP contribution in [0.4, 0.5) is 5.69 Å². The van der Waals surface area contributed by atoms with Gasteiger partial charge >= 0.3 is 0 Å². The highest BCUT2D eigenvalue weighted by atomic mass is 79.9. The molecule has 1 amide bonds. The lowest BCUT2D eigenvalue weighted by molar-refractivity contribution is 0.102. The summed E-state index contributed by atoms with van der Waals surface area (Å²) in [6.07, 6.45) is 1.35. The van der Waals surface area contributed by atoms with Gasteiger partial charge in [0.2, 0.25) is 0 Å². The first-order valence-electron chi connectivity index (χ1n) is 5.35. The molecule has 0 aliphatic rings. The van der Waals surface area contributed by atoms with E-state index in [0.29, 0.717) is 11.3 Å². The maximum absolute atomic E-state index is 12.1. The Bertz CT molecular complexity index is 626. The van der Waals surface area contributed by atoms with Gasteiger partial charge in [0.1, 0.15) is 5.15 Å². The highest BCUT2D eigenvalue weighted by Gasteiger charge is 2.12. The molecular weight excluding hydrogens is 351 g/mol. The smallest absolute Gasteiger partial charge is 0.257 e. The highest BCUT2D eigenvalue weighted by molar-refractivity contribution is 9.10. The monoisotopic (exact) mass is 358 g/mol. The Labute approximate surface area is 129 Å². The lowest BCUT2D eigenvalue weighted by Gasteiger charge is -2.08. The van der Waals surface area contributed by atoms with Gasteiger partial charge in [-0.05, 0) is 36.8 Å². The SMILES string of the molecule is Cc1cc(Br)cc(NC(=O)c2cc(Cl)ncc2Cl)c1. The largest absolute Gasteiger partial charge is 0.322 e. The molecule has 0 saturated carbocycles. The van der Waals surface area contributed by atoms with E-state index >= 15 is 0 Å². The number of rotatable bonds is 2. The fourth-order valence-electron chi connectivity index (χ4n) is 1.59. The van der Waals surface area contributed by atoms with Crippen molar-refractivity contribution in [2.75, 3.05) is 5.32 Å². The van der Waals surface area contributed by atoms with Gasteiger partial charge in [-0.1, -0.05) is 39.1 Å². The molecule has 0 saturated heterocycles. The number of anilines is 1. The fraction of sp³-hybridized carbons (Fsp3) is 0.0769. The number of carbonyl (C=O) groups is 1. The van der Waals surface area contributed by atoms with Crippen molar-refractivity contribution < 1.29 is 4.79 Å². The molecule has 0 atom stereocenters. The molecule has 0 bridgehead atoms. The van der Waals surface area contributed by atoms with E-state index in [1.807, 2.05) is 25.1 Å². The molecule has 98 valence electrons.